The van der Waals surface area contributed by atoms with Gasteiger partial charge in [0.15, 0.2) is 0 Å². The number of carboxylic acids is 1. The number of morpholine rings is 1. The van der Waals surface area contributed by atoms with Gasteiger partial charge in [0.25, 0.3) is 0 Å². The second kappa shape index (κ2) is 5.67. The number of nitrogens with zero attached hydrogens (tertiary/aromatic N) is 2. The van der Waals surface area contributed by atoms with Crippen LogP contribution >= 0.6 is 0 Å². The molecule has 2 fully saturated rings. The van der Waals surface area contributed by atoms with Crippen molar-refractivity contribution in [3.05, 3.63) is 0 Å². The van der Waals surface area contributed by atoms with Gasteiger partial charge in [0, 0.05) is 19.6 Å². The molecular weight excluding hydrogens is 236 g/mol. The molecule has 0 aromatic carbocycles. The molecule has 18 heavy (non-hydrogen) atoms. The average molecular weight is 256 g/mol. The van der Waals surface area contributed by atoms with Gasteiger partial charge in [0.1, 0.15) is 0 Å². The Hall–Kier alpha value is -1.14. The lowest BCUT2D eigenvalue weighted by Crippen LogP contribution is -2.48. The minimum Gasteiger partial charge on any atom is -0.481 e. The van der Waals surface area contributed by atoms with Crippen molar-refractivity contribution >= 4 is 11.9 Å². The van der Waals surface area contributed by atoms with Crippen LogP contribution in [0.25, 0.3) is 0 Å². The third-order valence-electron chi connectivity index (χ3n) is 3.59. The Kier molecular flexibility index (Phi) is 4.19. The van der Waals surface area contributed by atoms with E-state index in [0.717, 1.165) is 19.5 Å². The van der Waals surface area contributed by atoms with Crippen LogP contribution in [-0.2, 0) is 14.3 Å². The fraction of sp³-hybridized carbons (Fsp3) is 0.833. The number of carbonyl (C=O) groups excluding carboxylic acids is 1. The van der Waals surface area contributed by atoms with Crippen LogP contribution in [0, 0.1) is 5.92 Å². The van der Waals surface area contributed by atoms with Crippen LogP contribution < -0.4 is 0 Å². The lowest BCUT2D eigenvalue weighted by molar-refractivity contribution is -0.149. The SMILES string of the molecule is CN1CCC(C(=O)N2CCOC(CC(=O)O)C2)C1. The first-order valence-corrected chi connectivity index (χ1v) is 6.37. The molecule has 0 aliphatic carbocycles. The first kappa shape index (κ1) is 13.3. The van der Waals surface area contributed by atoms with Crippen molar-refractivity contribution in [3.63, 3.8) is 0 Å². The summed E-state index contributed by atoms with van der Waals surface area (Å²) in [6, 6.07) is 0. The molecular formula is C12H20N2O4. The Morgan fingerprint density at radius 3 is 2.72 bits per heavy atom. The number of aliphatic carboxylic acids is 1. The number of likely N-dealkylation sites (tertiary alicyclic amines) is 1. The van der Waals surface area contributed by atoms with Gasteiger partial charge in [-0.2, -0.15) is 0 Å². The van der Waals surface area contributed by atoms with Crippen molar-refractivity contribution in [2.75, 3.05) is 39.8 Å². The van der Waals surface area contributed by atoms with Crippen LogP contribution in [0.15, 0.2) is 0 Å². The molecule has 1 amide bonds. The highest BCUT2D eigenvalue weighted by molar-refractivity contribution is 5.79. The highest BCUT2D eigenvalue weighted by Crippen LogP contribution is 2.19. The second-order valence-electron chi connectivity index (χ2n) is 5.12. The van der Waals surface area contributed by atoms with Crippen LogP contribution in [-0.4, -0.2) is 72.7 Å². The lowest BCUT2D eigenvalue weighted by atomic mass is 10.1. The topological polar surface area (TPSA) is 70.1 Å². The van der Waals surface area contributed by atoms with Crippen LogP contribution in [0.5, 0.6) is 0 Å². The molecule has 0 bridgehead atoms. The third-order valence-corrected chi connectivity index (χ3v) is 3.59. The van der Waals surface area contributed by atoms with Gasteiger partial charge in [-0.05, 0) is 20.0 Å². The summed E-state index contributed by atoms with van der Waals surface area (Å²) in [7, 11) is 2.01. The molecule has 2 aliphatic rings. The predicted molar refractivity (Wildman–Crippen MR) is 64.2 cm³/mol. The molecule has 6 nitrogen and oxygen atoms in total. The monoisotopic (exact) mass is 256 g/mol. The first-order valence-electron chi connectivity index (χ1n) is 6.37. The maximum absolute atomic E-state index is 12.3. The number of amides is 1. The van der Waals surface area contributed by atoms with Crippen molar-refractivity contribution in [1.29, 1.82) is 0 Å². The Morgan fingerprint density at radius 2 is 2.11 bits per heavy atom. The van der Waals surface area contributed by atoms with Crippen molar-refractivity contribution in [3.8, 4) is 0 Å². The van der Waals surface area contributed by atoms with E-state index < -0.39 is 5.97 Å². The number of carboxylic acid groups (broad SMARTS) is 1. The molecule has 2 atom stereocenters. The third kappa shape index (κ3) is 3.20. The van der Waals surface area contributed by atoms with E-state index in [-0.39, 0.29) is 24.3 Å². The number of rotatable bonds is 3. The first-order chi connectivity index (χ1) is 8.56. The molecule has 0 radical (unpaired) electrons. The zero-order valence-electron chi connectivity index (χ0n) is 10.7. The average Bonchev–Trinajstić information content (AvgIpc) is 2.74. The largest absolute Gasteiger partial charge is 0.481 e. The fourth-order valence-electron chi connectivity index (χ4n) is 2.63. The molecule has 2 rings (SSSR count). The highest BCUT2D eigenvalue weighted by Gasteiger charge is 2.33. The van der Waals surface area contributed by atoms with Crippen LogP contribution in [0.2, 0.25) is 0 Å². The minimum absolute atomic E-state index is 0.0334. The van der Waals surface area contributed by atoms with E-state index in [1.54, 1.807) is 4.90 Å². The molecule has 0 saturated carbocycles. The molecule has 102 valence electrons. The van der Waals surface area contributed by atoms with Gasteiger partial charge >= 0.3 is 5.97 Å². The molecule has 1 N–H and O–H groups in total. The van der Waals surface area contributed by atoms with Crippen LogP contribution in [0.3, 0.4) is 0 Å². The number of hydrogen-bond acceptors (Lipinski definition) is 4. The smallest absolute Gasteiger partial charge is 0.306 e. The maximum Gasteiger partial charge on any atom is 0.306 e. The van der Waals surface area contributed by atoms with Crippen molar-refractivity contribution in [1.82, 2.24) is 9.80 Å². The number of carbonyl (C=O) groups is 2. The summed E-state index contributed by atoms with van der Waals surface area (Å²) in [6.07, 6.45) is 0.504. The van der Waals surface area contributed by atoms with E-state index in [2.05, 4.69) is 4.90 Å². The Balaban J connectivity index is 1.88. The van der Waals surface area contributed by atoms with E-state index in [4.69, 9.17) is 9.84 Å². The Morgan fingerprint density at radius 1 is 1.33 bits per heavy atom. The Bertz CT molecular complexity index is 334. The van der Waals surface area contributed by atoms with Crippen molar-refractivity contribution in [2.45, 2.75) is 18.9 Å². The van der Waals surface area contributed by atoms with Crippen molar-refractivity contribution < 1.29 is 19.4 Å². The standard InChI is InChI=1S/C12H20N2O4/c1-13-3-2-9(7-13)12(17)14-4-5-18-10(8-14)6-11(15)16/h9-10H,2-8H2,1H3,(H,15,16). The second-order valence-corrected chi connectivity index (χ2v) is 5.12. The molecule has 0 aromatic heterocycles. The summed E-state index contributed by atoms with van der Waals surface area (Å²) in [5.41, 5.74) is 0. The van der Waals surface area contributed by atoms with E-state index in [1.165, 1.54) is 0 Å². The summed E-state index contributed by atoms with van der Waals surface area (Å²) in [5, 5.41) is 8.75. The summed E-state index contributed by atoms with van der Waals surface area (Å²) in [6.45, 7) is 3.19. The molecule has 2 aliphatic heterocycles. The summed E-state index contributed by atoms with van der Waals surface area (Å²) in [4.78, 5) is 26.8. The van der Waals surface area contributed by atoms with Gasteiger partial charge in [-0.15, -0.1) is 0 Å². The van der Waals surface area contributed by atoms with E-state index in [9.17, 15) is 9.59 Å². The van der Waals surface area contributed by atoms with Gasteiger partial charge in [0.05, 0.1) is 25.0 Å². The molecule has 2 saturated heterocycles. The summed E-state index contributed by atoms with van der Waals surface area (Å²) < 4.78 is 5.37. The predicted octanol–water partition coefficient (Wildman–Crippen LogP) is -0.360. The molecule has 0 aromatic rings. The molecule has 0 spiro atoms. The number of ether oxygens (including phenoxy) is 1. The fourth-order valence-corrected chi connectivity index (χ4v) is 2.63. The van der Waals surface area contributed by atoms with E-state index >= 15 is 0 Å². The van der Waals surface area contributed by atoms with E-state index in [0.29, 0.717) is 19.7 Å². The Labute approximate surface area is 106 Å². The zero-order valence-corrected chi connectivity index (χ0v) is 10.7. The van der Waals surface area contributed by atoms with Crippen LogP contribution in [0.4, 0.5) is 0 Å². The van der Waals surface area contributed by atoms with Gasteiger partial charge in [-0.3, -0.25) is 9.59 Å². The van der Waals surface area contributed by atoms with E-state index in [1.807, 2.05) is 7.05 Å². The molecule has 2 unspecified atom stereocenters. The van der Waals surface area contributed by atoms with Gasteiger partial charge in [-0.25, -0.2) is 0 Å². The molecule has 2 heterocycles. The number of hydrogen-bond donors (Lipinski definition) is 1. The quantitative estimate of drug-likeness (QED) is 0.747. The summed E-state index contributed by atoms with van der Waals surface area (Å²) >= 11 is 0. The minimum atomic E-state index is -0.880. The highest BCUT2D eigenvalue weighted by atomic mass is 16.5. The van der Waals surface area contributed by atoms with Gasteiger partial charge in [-0.1, -0.05) is 0 Å². The van der Waals surface area contributed by atoms with Crippen LogP contribution in [0.1, 0.15) is 12.8 Å². The summed E-state index contributed by atoms with van der Waals surface area (Å²) in [5.74, 6) is -0.661. The lowest BCUT2D eigenvalue weighted by Gasteiger charge is -2.33. The maximum atomic E-state index is 12.3. The van der Waals surface area contributed by atoms with Gasteiger partial charge in [0.2, 0.25) is 5.91 Å². The normalized spacial score (nSPS) is 29.5. The van der Waals surface area contributed by atoms with Gasteiger partial charge < -0.3 is 19.6 Å². The van der Waals surface area contributed by atoms with Crippen molar-refractivity contribution in [2.24, 2.45) is 5.92 Å². The zero-order chi connectivity index (χ0) is 13.1. The molecule has 6 heteroatoms.